The molecule has 3 fully saturated rings. The van der Waals surface area contributed by atoms with Crippen LogP contribution in [0, 0.1) is 17.8 Å². The summed E-state index contributed by atoms with van der Waals surface area (Å²) in [5.41, 5.74) is 1.63. The summed E-state index contributed by atoms with van der Waals surface area (Å²) in [7, 11) is 0. The first kappa shape index (κ1) is 22.9. The van der Waals surface area contributed by atoms with Crippen molar-refractivity contribution in [3.05, 3.63) is 24.0 Å². The summed E-state index contributed by atoms with van der Waals surface area (Å²) < 4.78 is 6.39. The molecule has 0 heterocycles. The molecule has 0 bridgehead atoms. The largest absolute Gasteiger partial charge is 0.495 e. The van der Waals surface area contributed by atoms with Gasteiger partial charge in [-0.1, -0.05) is 69.9 Å². The van der Waals surface area contributed by atoms with E-state index in [0.29, 0.717) is 17.8 Å². The number of aliphatic hydroxyl groups excluding tert-OH is 1. The van der Waals surface area contributed by atoms with Gasteiger partial charge >= 0.3 is 0 Å². The van der Waals surface area contributed by atoms with Gasteiger partial charge in [-0.2, -0.15) is 0 Å². The van der Waals surface area contributed by atoms with E-state index < -0.39 is 0 Å². The van der Waals surface area contributed by atoms with Crippen molar-refractivity contribution in [1.82, 2.24) is 0 Å². The highest BCUT2D eigenvalue weighted by Gasteiger charge is 2.35. The van der Waals surface area contributed by atoms with E-state index in [-0.39, 0.29) is 12.2 Å². The zero-order valence-electron chi connectivity index (χ0n) is 19.0. The van der Waals surface area contributed by atoms with Crippen LogP contribution in [0.1, 0.15) is 116 Å². The minimum absolute atomic E-state index is 0.00744. The van der Waals surface area contributed by atoms with Crippen LogP contribution in [0.25, 0.3) is 0 Å². The first-order valence-electron chi connectivity index (χ1n) is 13.0. The maximum Gasteiger partial charge on any atom is 0.127 e. The molecular weight excluding hydrogens is 356 g/mol. The van der Waals surface area contributed by atoms with E-state index in [0.717, 1.165) is 0 Å². The Kier molecular flexibility index (Phi) is 10.1. The van der Waals surface area contributed by atoms with E-state index in [9.17, 15) is 5.11 Å². The number of hydrogen-bond donors (Lipinski definition) is 1. The van der Waals surface area contributed by atoms with Crippen LogP contribution in [0.15, 0.2) is 24.0 Å². The van der Waals surface area contributed by atoms with Crippen LogP contribution in [0.5, 0.6) is 0 Å². The van der Waals surface area contributed by atoms with Crippen molar-refractivity contribution in [3.8, 4) is 0 Å². The fourth-order valence-electron chi connectivity index (χ4n) is 5.96. The Labute approximate surface area is 180 Å². The molecule has 3 rings (SSSR count). The van der Waals surface area contributed by atoms with Crippen LogP contribution in [-0.2, 0) is 4.74 Å². The van der Waals surface area contributed by atoms with Crippen molar-refractivity contribution in [3.63, 3.8) is 0 Å². The van der Waals surface area contributed by atoms with E-state index in [1.807, 2.05) is 6.26 Å². The highest BCUT2D eigenvalue weighted by molar-refractivity contribution is 5.17. The number of hydrogen-bond acceptors (Lipinski definition) is 2. The van der Waals surface area contributed by atoms with E-state index in [4.69, 9.17) is 4.74 Å². The van der Waals surface area contributed by atoms with Crippen LogP contribution in [-0.4, -0.2) is 17.3 Å². The van der Waals surface area contributed by atoms with Gasteiger partial charge in [0.2, 0.25) is 0 Å². The van der Waals surface area contributed by atoms with Gasteiger partial charge in [0, 0.05) is 5.92 Å². The predicted octanol–water partition coefficient (Wildman–Crippen LogP) is 7.71. The highest BCUT2D eigenvalue weighted by Crippen LogP contribution is 2.36. The van der Waals surface area contributed by atoms with Gasteiger partial charge in [-0.3, -0.25) is 0 Å². The van der Waals surface area contributed by atoms with Crippen molar-refractivity contribution >= 4 is 0 Å². The molecule has 3 aliphatic carbocycles. The zero-order chi connectivity index (χ0) is 20.3. The molecule has 0 aromatic rings. The zero-order valence-corrected chi connectivity index (χ0v) is 19.0. The normalized spacial score (nSPS) is 28.2. The number of ether oxygens (including phenoxy) is 1. The Bertz CT molecular complexity index is 497. The number of aliphatic hydroxyl groups is 1. The summed E-state index contributed by atoms with van der Waals surface area (Å²) in [6, 6.07) is 0. The molecule has 1 unspecified atom stereocenters. The molecule has 1 N–H and O–H groups in total. The van der Waals surface area contributed by atoms with Crippen molar-refractivity contribution in [2.75, 3.05) is 0 Å². The van der Waals surface area contributed by atoms with Crippen LogP contribution in [0.2, 0.25) is 0 Å². The Morgan fingerprint density at radius 3 is 2.28 bits per heavy atom. The molecule has 2 heteroatoms. The van der Waals surface area contributed by atoms with Crippen LogP contribution < -0.4 is 0 Å². The quantitative estimate of drug-likeness (QED) is 0.230. The molecular formula is C27H46O2. The van der Waals surface area contributed by atoms with Crippen LogP contribution >= 0.6 is 0 Å². The monoisotopic (exact) mass is 402 g/mol. The molecule has 3 saturated carbocycles. The molecule has 0 spiro atoms. The molecule has 0 amide bonds. The van der Waals surface area contributed by atoms with Gasteiger partial charge < -0.3 is 9.84 Å². The van der Waals surface area contributed by atoms with Crippen molar-refractivity contribution in [1.29, 1.82) is 0 Å². The number of unbranched alkanes of at least 4 members (excludes halogenated alkanes) is 3. The summed E-state index contributed by atoms with van der Waals surface area (Å²) in [6.45, 7) is 2.27. The Balaban J connectivity index is 1.57. The van der Waals surface area contributed by atoms with Crippen LogP contribution in [0.3, 0.4) is 0 Å². The molecule has 0 aliphatic heterocycles. The molecule has 29 heavy (non-hydrogen) atoms. The maximum absolute atomic E-state index is 11.2. The molecule has 0 radical (unpaired) electrons. The van der Waals surface area contributed by atoms with Gasteiger partial charge in [-0.15, -0.1) is 0 Å². The summed E-state index contributed by atoms with van der Waals surface area (Å²) in [4.78, 5) is 0. The molecule has 0 saturated heterocycles. The Morgan fingerprint density at radius 2 is 1.59 bits per heavy atom. The van der Waals surface area contributed by atoms with Gasteiger partial charge in [0.15, 0.2) is 0 Å². The average Bonchev–Trinajstić information content (AvgIpc) is 3.22. The Morgan fingerprint density at radius 1 is 0.897 bits per heavy atom. The van der Waals surface area contributed by atoms with Crippen molar-refractivity contribution in [2.24, 2.45) is 17.8 Å². The topological polar surface area (TPSA) is 29.5 Å². The van der Waals surface area contributed by atoms with Crippen molar-refractivity contribution < 1.29 is 9.84 Å². The second-order valence-corrected chi connectivity index (χ2v) is 9.99. The van der Waals surface area contributed by atoms with E-state index >= 15 is 0 Å². The van der Waals surface area contributed by atoms with Gasteiger partial charge in [-0.25, -0.2) is 0 Å². The average molecular weight is 403 g/mol. The maximum atomic E-state index is 11.2. The second-order valence-electron chi connectivity index (χ2n) is 9.99. The fraction of sp³-hybridized carbons (Fsp3) is 0.852. The third-order valence-corrected chi connectivity index (χ3v) is 7.80. The van der Waals surface area contributed by atoms with E-state index in [1.54, 1.807) is 5.57 Å². The van der Waals surface area contributed by atoms with Crippen LogP contribution in [0.4, 0.5) is 0 Å². The fourth-order valence-corrected chi connectivity index (χ4v) is 5.96. The lowest BCUT2D eigenvalue weighted by molar-refractivity contribution is -0.0691. The molecule has 0 aromatic heterocycles. The van der Waals surface area contributed by atoms with E-state index in [1.165, 1.54) is 109 Å². The Hall–Kier alpha value is -0.760. The van der Waals surface area contributed by atoms with Crippen molar-refractivity contribution in [2.45, 2.75) is 128 Å². The SMILES string of the molecule is CCCCC/C=C1\CCCC1/C=C/O[C@H](C1CCCCC1)[C@H](O)C1CCCCC1. The first-order chi connectivity index (χ1) is 14.3. The molecule has 2 nitrogen and oxygen atoms in total. The molecule has 3 atom stereocenters. The lowest BCUT2D eigenvalue weighted by atomic mass is 9.76. The second kappa shape index (κ2) is 12.8. The van der Waals surface area contributed by atoms with Gasteiger partial charge in [-0.05, 0) is 75.7 Å². The third-order valence-electron chi connectivity index (χ3n) is 7.80. The molecule has 0 aromatic carbocycles. The minimum atomic E-state index is -0.282. The van der Waals surface area contributed by atoms with Gasteiger partial charge in [0.1, 0.15) is 6.10 Å². The summed E-state index contributed by atoms with van der Waals surface area (Å²) in [5.74, 6) is 1.55. The smallest absolute Gasteiger partial charge is 0.127 e. The third kappa shape index (κ3) is 7.16. The minimum Gasteiger partial charge on any atom is -0.495 e. The summed E-state index contributed by atoms with van der Waals surface area (Å²) in [6.07, 6.45) is 28.3. The molecule has 166 valence electrons. The lowest BCUT2D eigenvalue weighted by Gasteiger charge is -2.37. The molecule has 3 aliphatic rings. The van der Waals surface area contributed by atoms with Gasteiger partial charge in [0.25, 0.3) is 0 Å². The predicted molar refractivity (Wildman–Crippen MR) is 123 cm³/mol. The number of rotatable bonds is 10. The van der Waals surface area contributed by atoms with Gasteiger partial charge in [0.05, 0.1) is 12.4 Å². The first-order valence-corrected chi connectivity index (χ1v) is 13.0. The highest BCUT2D eigenvalue weighted by atomic mass is 16.5. The number of allylic oxidation sites excluding steroid dienone is 3. The summed E-state index contributed by atoms with van der Waals surface area (Å²) in [5, 5.41) is 11.2. The summed E-state index contributed by atoms with van der Waals surface area (Å²) >= 11 is 0. The lowest BCUT2D eigenvalue weighted by Crippen LogP contribution is -2.41. The standard InChI is InChI=1S/C27H46O2/c1-2-3-4-7-13-22-18-12-19-23(22)20-21-29-27(25-16-10-6-11-17-25)26(28)24-14-8-5-9-15-24/h13,20-21,23-28H,2-12,14-19H2,1H3/b21-20+,22-13+/t23?,26-,27-/m1/s1. The van der Waals surface area contributed by atoms with E-state index in [2.05, 4.69) is 19.1 Å².